The number of nitrogen functional groups attached to an aromatic ring is 1. The Bertz CT molecular complexity index is 463. The fourth-order valence-electron chi connectivity index (χ4n) is 1.96. The number of alkyl halides is 1. The molecule has 1 aromatic carbocycles. The molecule has 6 heteroatoms. The van der Waals surface area contributed by atoms with Crippen LogP contribution in [0, 0.1) is 0 Å². The van der Waals surface area contributed by atoms with Crippen molar-refractivity contribution in [3.63, 3.8) is 0 Å². The Labute approximate surface area is 130 Å². The lowest BCUT2D eigenvalue weighted by molar-refractivity contribution is 0.402. The molecule has 1 fully saturated rings. The van der Waals surface area contributed by atoms with Crippen LogP contribution in [0.5, 0.6) is 0 Å². The Morgan fingerprint density at radius 3 is 2.71 bits per heavy atom. The quantitative estimate of drug-likeness (QED) is 0.372. The minimum atomic E-state index is -0.305. The first kappa shape index (κ1) is 16.4. The molecule has 1 aliphatic carbocycles. The van der Waals surface area contributed by atoms with Crippen LogP contribution in [0.25, 0.3) is 0 Å². The molecule has 1 aromatic rings. The molecule has 0 bridgehead atoms. The highest BCUT2D eigenvalue weighted by atomic mass is 32.2. The predicted molar refractivity (Wildman–Crippen MR) is 89.4 cm³/mol. The molecule has 1 aliphatic rings. The zero-order valence-electron chi connectivity index (χ0n) is 12.8. The van der Waals surface area contributed by atoms with Gasteiger partial charge >= 0.3 is 0 Å². The summed E-state index contributed by atoms with van der Waals surface area (Å²) in [6.07, 6.45) is 2.90. The van der Waals surface area contributed by atoms with Crippen LogP contribution < -0.4 is 15.8 Å². The van der Waals surface area contributed by atoms with Crippen molar-refractivity contribution >= 4 is 23.3 Å². The topological polar surface area (TPSA) is 53.3 Å². The number of hydrogen-bond donors (Lipinski definition) is 3. The third-order valence-electron chi connectivity index (χ3n) is 3.62. The van der Waals surface area contributed by atoms with E-state index in [-0.39, 0.29) is 12.2 Å². The van der Waals surface area contributed by atoms with Gasteiger partial charge < -0.3 is 16.0 Å². The molecule has 4 N–H and O–H groups in total. The number of hydrogen-bond acceptors (Lipinski definition) is 5. The average Bonchev–Trinajstić information content (AvgIpc) is 3.23. The summed E-state index contributed by atoms with van der Waals surface area (Å²) in [5.41, 5.74) is 7.47. The van der Waals surface area contributed by atoms with Crippen LogP contribution in [0.3, 0.4) is 0 Å². The van der Waals surface area contributed by atoms with E-state index in [1.165, 1.54) is 11.9 Å². The van der Waals surface area contributed by atoms with Crippen LogP contribution >= 0.6 is 11.9 Å². The smallest absolute Gasteiger partial charge is 0.108 e. The Hall–Kier alpha value is -0.980. The lowest BCUT2D eigenvalue weighted by atomic mass is 10.2. The molecular weight excluding hydrogens is 287 g/mol. The van der Waals surface area contributed by atoms with Crippen LogP contribution in [-0.2, 0) is 0 Å². The largest absolute Gasteiger partial charge is 0.397 e. The fraction of sp³-hybridized carbons (Fsp3) is 0.600. The van der Waals surface area contributed by atoms with Crippen LogP contribution in [0.1, 0.15) is 19.3 Å². The van der Waals surface area contributed by atoms with E-state index in [2.05, 4.69) is 29.0 Å². The molecule has 0 spiro atoms. The SMILES string of the molecule is CN(C)CCCNc1ccc(SNC2(CF)CC2)cc1N. The van der Waals surface area contributed by atoms with Gasteiger partial charge in [-0.1, -0.05) is 0 Å². The minimum Gasteiger partial charge on any atom is -0.397 e. The minimum absolute atomic E-state index is 0.289. The summed E-state index contributed by atoms with van der Waals surface area (Å²) in [5, 5.41) is 3.35. The van der Waals surface area contributed by atoms with Gasteiger partial charge in [0, 0.05) is 11.4 Å². The standard InChI is InChI=1S/C15H25FN4S/c1-20(2)9-3-8-18-14-5-4-12(10-13(14)17)21-19-15(11-16)6-7-15/h4-5,10,18-19H,3,6-9,11,17H2,1-2H3. The van der Waals surface area contributed by atoms with Gasteiger partial charge in [-0.2, -0.15) is 0 Å². The first-order valence-corrected chi connectivity index (χ1v) is 8.14. The molecule has 0 aromatic heterocycles. The molecule has 0 aliphatic heterocycles. The van der Waals surface area contributed by atoms with E-state index in [4.69, 9.17) is 5.73 Å². The number of nitrogens with zero attached hydrogens (tertiary/aromatic N) is 1. The van der Waals surface area contributed by atoms with Crippen LogP contribution in [0.4, 0.5) is 15.8 Å². The molecule has 0 atom stereocenters. The summed E-state index contributed by atoms with van der Waals surface area (Å²) in [6, 6.07) is 5.93. The van der Waals surface area contributed by atoms with E-state index in [9.17, 15) is 4.39 Å². The summed E-state index contributed by atoms with van der Waals surface area (Å²) in [5.74, 6) is 0. The normalized spacial score (nSPS) is 16.2. The Kier molecular flexibility index (Phi) is 5.72. The van der Waals surface area contributed by atoms with E-state index >= 15 is 0 Å². The summed E-state index contributed by atoms with van der Waals surface area (Å²) in [4.78, 5) is 3.18. The molecule has 0 heterocycles. The number of rotatable bonds is 9. The maximum atomic E-state index is 12.8. The Morgan fingerprint density at radius 1 is 1.38 bits per heavy atom. The second-order valence-electron chi connectivity index (χ2n) is 5.95. The third-order valence-corrected chi connectivity index (χ3v) is 4.64. The fourth-order valence-corrected chi connectivity index (χ4v) is 2.88. The van der Waals surface area contributed by atoms with E-state index in [1.54, 1.807) is 0 Å². The van der Waals surface area contributed by atoms with Crippen molar-refractivity contribution in [1.82, 2.24) is 9.62 Å². The maximum absolute atomic E-state index is 12.8. The van der Waals surface area contributed by atoms with Crippen LogP contribution in [-0.4, -0.2) is 44.3 Å². The summed E-state index contributed by atoms with van der Waals surface area (Å²) >= 11 is 1.47. The molecule has 0 amide bonds. The number of nitrogens with one attached hydrogen (secondary N) is 2. The van der Waals surface area contributed by atoms with Gasteiger partial charge in [0.1, 0.15) is 6.67 Å². The van der Waals surface area contributed by atoms with Gasteiger partial charge in [0.05, 0.1) is 16.9 Å². The highest BCUT2D eigenvalue weighted by Crippen LogP contribution is 2.39. The molecule has 4 nitrogen and oxygen atoms in total. The number of nitrogens with two attached hydrogens (primary N) is 1. The molecule has 0 unspecified atom stereocenters. The maximum Gasteiger partial charge on any atom is 0.108 e. The summed E-state index contributed by atoms with van der Waals surface area (Å²) < 4.78 is 16.0. The van der Waals surface area contributed by atoms with E-state index in [1.807, 2.05) is 18.2 Å². The van der Waals surface area contributed by atoms with Crippen LogP contribution in [0.15, 0.2) is 23.1 Å². The number of benzene rings is 1. The molecule has 118 valence electrons. The monoisotopic (exact) mass is 312 g/mol. The highest BCUT2D eigenvalue weighted by molar-refractivity contribution is 7.97. The van der Waals surface area contributed by atoms with Crippen molar-refractivity contribution in [1.29, 1.82) is 0 Å². The molecule has 2 rings (SSSR count). The summed E-state index contributed by atoms with van der Waals surface area (Å²) in [6.45, 7) is 1.65. The zero-order chi connectivity index (χ0) is 15.3. The van der Waals surface area contributed by atoms with E-state index in [0.29, 0.717) is 0 Å². The molecule has 0 saturated heterocycles. The van der Waals surface area contributed by atoms with Crippen molar-refractivity contribution in [2.24, 2.45) is 0 Å². The lowest BCUT2D eigenvalue weighted by Crippen LogP contribution is -2.27. The second kappa shape index (κ2) is 7.33. The Balaban J connectivity index is 1.79. The third kappa shape index (κ3) is 5.05. The van der Waals surface area contributed by atoms with Gasteiger partial charge in [0.25, 0.3) is 0 Å². The number of anilines is 2. The van der Waals surface area contributed by atoms with E-state index < -0.39 is 0 Å². The molecule has 1 saturated carbocycles. The first-order chi connectivity index (χ1) is 10.0. The van der Waals surface area contributed by atoms with Crippen molar-refractivity contribution in [3.05, 3.63) is 18.2 Å². The lowest BCUT2D eigenvalue weighted by Gasteiger charge is -2.14. The predicted octanol–water partition coefficient (Wildman–Crippen LogP) is 2.73. The van der Waals surface area contributed by atoms with Gasteiger partial charge in [-0.15, -0.1) is 0 Å². The molecular formula is C15H25FN4S. The van der Waals surface area contributed by atoms with Gasteiger partial charge in [-0.25, -0.2) is 4.39 Å². The highest BCUT2D eigenvalue weighted by Gasteiger charge is 2.42. The number of halogens is 1. The zero-order valence-corrected chi connectivity index (χ0v) is 13.6. The summed E-state index contributed by atoms with van der Waals surface area (Å²) in [7, 11) is 4.13. The Morgan fingerprint density at radius 2 is 2.14 bits per heavy atom. The van der Waals surface area contributed by atoms with Crippen LogP contribution in [0.2, 0.25) is 0 Å². The average molecular weight is 312 g/mol. The molecule has 21 heavy (non-hydrogen) atoms. The van der Waals surface area contributed by atoms with Gasteiger partial charge in [0.2, 0.25) is 0 Å². The van der Waals surface area contributed by atoms with Gasteiger partial charge in [0.15, 0.2) is 0 Å². The second-order valence-corrected chi connectivity index (χ2v) is 6.83. The first-order valence-electron chi connectivity index (χ1n) is 7.33. The van der Waals surface area contributed by atoms with E-state index in [0.717, 1.165) is 48.6 Å². The van der Waals surface area contributed by atoms with Crippen molar-refractivity contribution < 1.29 is 4.39 Å². The molecule has 0 radical (unpaired) electrons. The van der Waals surface area contributed by atoms with Crippen molar-refractivity contribution in [2.75, 3.05) is 44.9 Å². The van der Waals surface area contributed by atoms with Gasteiger partial charge in [-0.05, 0) is 70.0 Å². The van der Waals surface area contributed by atoms with Crippen molar-refractivity contribution in [3.8, 4) is 0 Å². The van der Waals surface area contributed by atoms with Gasteiger partial charge in [-0.3, -0.25) is 4.72 Å². The van der Waals surface area contributed by atoms with Crippen molar-refractivity contribution in [2.45, 2.75) is 29.7 Å².